The Morgan fingerprint density at radius 3 is 2.31 bits per heavy atom. The van der Waals surface area contributed by atoms with Gasteiger partial charge in [0.05, 0.1) is 7.11 Å². The lowest BCUT2D eigenvalue weighted by Crippen LogP contribution is -2.07. The zero-order valence-corrected chi connectivity index (χ0v) is 9.36. The summed E-state index contributed by atoms with van der Waals surface area (Å²) in [5, 5.41) is 0. The number of methoxy groups -OCH3 is 1. The fourth-order valence-electron chi connectivity index (χ4n) is 1.18. The summed E-state index contributed by atoms with van der Waals surface area (Å²) in [5.41, 5.74) is 1.03. The molecule has 1 aromatic rings. The van der Waals surface area contributed by atoms with Gasteiger partial charge in [0.2, 0.25) is 0 Å². The molecular formula is C12H14O4. The van der Waals surface area contributed by atoms with Crippen molar-refractivity contribution in [3.8, 4) is 5.75 Å². The van der Waals surface area contributed by atoms with Crippen LogP contribution in [-0.4, -0.2) is 19.0 Å². The van der Waals surface area contributed by atoms with Crippen molar-refractivity contribution in [2.24, 2.45) is 0 Å². The maximum atomic E-state index is 10.8. The van der Waals surface area contributed by atoms with Gasteiger partial charge in [-0.1, -0.05) is 12.1 Å². The molecular weight excluding hydrogens is 208 g/mol. The van der Waals surface area contributed by atoms with E-state index in [9.17, 15) is 9.59 Å². The molecule has 16 heavy (non-hydrogen) atoms. The molecule has 0 aromatic heterocycles. The predicted octanol–water partition coefficient (Wildman–Crippen LogP) is 2.35. The zero-order valence-electron chi connectivity index (χ0n) is 9.36. The van der Waals surface area contributed by atoms with Crippen LogP contribution >= 0.6 is 0 Å². The molecule has 0 spiro atoms. The summed E-state index contributed by atoms with van der Waals surface area (Å²) in [4.78, 5) is 21.6. The van der Waals surface area contributed by atoms with E-state index in [1.54, 1.807) is 19.1 Å². The molecule has 0 aliphatic carbocycles. The fourth-order valence-corrected chi connectivity index (χ4v) is 1.18. The normalized spacial score (nSPS) is 9.62. The number of ketones is 1. The summed E-state index contributed by atoms with van der Waals surface area (Å²) in [6.45, 7) is 1.56. The molecule has 0 saturated heterocycles. The van der Waals surface area contributed by atoms with Crippen LogP contribution in [0.4, 0.5) is 4.79 Å². The molecule has 0 radical (unpaired) electrons. The second-order valence-corrected chi connectivity index (χ2v) is 3.40. The van der Waals surface area contributed by atoms with Gasteiger partial charge in [0, 0.05) is 6.42 Å². The molecule has 0 amide bonds. The number of aryl methyl sites for hydroxylation is 1. The number of rotatable bonds is 4. The molecule has 1 aromatic carbocycles. The van der Waals surface area contributed by atoms with Gasteiger partial charge in [-0.15, -0.1) is 0 Å². The van der Waals surface area contributed by atoms with Gasteiger partial charge in [0.15, 0.2) is 0 Å². The molecule has 0 N–H and O–H groups in total. The van der Waals surface area contributed by atoms with Gasteiger partial charge in [0.1, 0.15) is 11.5 Å². The van der Waals surface area contributed by atoms with Gasteiger partial charge in [0.25, 0.3) is 0 Å². The van der Waals surface area contributed by atoms with Crippen LogP contribution in [0.5, 0.6) is 5.75 Å². The van der Waals surface area contributed by atoms with E-state index in [2.05, 4.69) is 4.74 Å². The Balaban J connectivity index is 2.54. The van der Waals surface area contributed by atoms with E-state index < -0.39 is 6.16 Å². The van der Waals surface area contributed by atoms with Crippen LogP contribution in [0, 0.1) is 0 Å². The third kappa shape index (κ3) is 4.13. The summed E-state index contributed by atoms with van der Waals surface area (Å²) < 4.78 is 9.17. The minimum atomic E-state index is -0.739. The van der Waals surface area contributed by atoms with Crippen LogP contribution in [0.15, 0.2) is 24.3 Å². The number of benzene rings is 1. The van der Waals surface area contributed by atoms with Crippen molar-refractivity contribution in [1.82, 2.24) is 0 Å². The van der Waals surface area contributed by atoms with Crippen LogP contribution in [0.1, 0.15) is 18.9 Å². The van der Waals surface area contributed by atoms with Gasteiger partial charge >= 0.3 is 6.16 Å². The molecule has 0 aliphatic rings. The molecule has 0 fully saturated rings. The van der Waals surface area contributed by atoms with Crippen molar-refractivity contribution >= 4 is 11.9 Å². The first kappa shape index (κ1) is 12.2. The van der Waals surface area contributed by atoms with Crippen molar-refractivity contribution < 1.29 is 19.1 Å². The molecule has 0 bridgehead atoms. The minimum Gasteiger partial charge on any atom is -0.437 e. The number of hydrogen-bond acceptors (Lipinski definition) is 4. The number of carbonyl (C=O) groups is 2. The summed E-state index contributed by atoms with van der Waals surface area (Å²) in [5.74, 6) is 0.591. The third-order valence-corrected chi connectivity index (χ3v) is 2.06. The van der Waals surface area contributed by atoms with Crippen LogP contribution in [0.2, 0.25) is 0 Å². The summed E-state index contributed by atoms with van der Waals surface area (Å²) in [6, 6.07) is 6.99. The highest BCUT2D eigenvalue weighted by Crippen LogP contribution is 2.13. The van der Waals surface area contributed by atoms with Crippen LogP contribution in [-0.2, 0) is 16.0 Å². The lowest BCUT2D eigenvalue weighted by Gasteiger charge is -2.03. The lowest BCUT2D eigenvalue weighted by atomic mass is 10.1. The fraction of sp³-hybridized carbons (Fsp3) is 0.333. The second-order valence-electron chi connectivity index (χ2n) is 3.40. The maximum absolute atomic E-state index is 10.8. The molecule has 0 heterocycles. The first-order valence-electron chi connectivity index (χ1n) is 4.96. The Bertz CT molecular complexity index is 367. The molecule has 4 nitrogen and oxygen atoms in total. The molecule has 0 aliphatic heterocycles. The van der Waals surface area contributed by atoms with E-state index in [1.165, 1.54) is 7.11 Å². The minimum absolute atomic E-state index is 0.162. The Morgan fingerprint density at radius 1 is 1.19 bits per heavy atom. The van der Waals surface area contributed by atoms with Crippen molar-refractivity contribution in [3.63, 3.8) is 0 Å². The van der Waals surface area contributed by atoms with Crippen LogP contribution in [0.25, 0.3) is 0 Å². The lowest BCUT2D eigenvalue weighted by molar-refractivity contribution is -0.116. The quantitative estimate of drug-likeness (QED) is 0.579. The van der Waals surface area contributed by atoms with Gasteiger partial charge in [-0.2, -0.15) is 0 Å². The van der Waals surface area contributed by atoms with E-state index in [0.717, 1.165) is 5.56 Å². The van der Waals surface area contributed by atoms with E-state index in [1.807, 2.05) is 12.1 Å². The van der Waals surface area contributed by atoms with Crippen molar-refractivity contribution in [3.05, 3.63) is 29.8 Å². The molecule has 0 saturated carbocycles. The zero-order chi connectivity index (χ0) is 12.0. The maximum Gasteiger partial charge on any atom is 0.513 e. The Labute approximate surface area is 94.2 Å². The molecule has 86 valence electrons. The van der Waals surface area contributed by atoms with Crippen molar-refractivity contribution in [1.29, 1.82) is 0 Å². The van der Waals surface area contributed by atoms with E-state index in [4.69, 9.17) is 4.74 Å². The van der Waals surface area contributed by atoms with E-state index >= 15 is 0 Å². The van der Waals surface area contributed by atoms with Crippen LogP contribution in [0.3, 0.4) is 0 Å². The molecule has 1 rings (SSSR count). The number of hydrogen-bond donors (Lipinski definition) is 0. The van der Waals surface area contributed by atoms with Gasteiger partial charge < -0.3 is 14.3 Å². The van der Waals surface area contributed by atoms with Crippen LogP contribution < -0.4 is 4.74 Å². The topological polar surface area (TPSA) is 52.6 Å². The Morgan fingerprint density at radius 2 is 1.81 bits per heavy atom. The Hall–Kier alpha value is -1.84. The van der Waals surface area contributed by atoms with Gasteiger partial charge in [-0.3, -0.25) is 0 Å². The van der Waals surface area contributed by atoms with Gasteiger partial charge in [-0.25, -0.2) is 4.79 Å². The Kier molecular flexibility index (Phi) is 4.51. The summed E-state index contributed by atoms with van der Waals surface area (Å²) >= 11 is 0. The molecule has 4 heteroatoms. The van der Waals surface area contributed by atoms with Crippen molar-refractivity contribution in [2.75, 3.05) is 7.11 Å². The smallest absolute Gasteiger partial charge is 0.437 e. The second kappa shape index (κ2) is 5.90. The molecule has 0 unspecified atom stereocenters. The highest BCUT2D eigenvalue weighted by atomic mass is 16.7. The monoisotopic (exact) mass is 222 g/mol. The van der Waals surface area contributed by atoms with E-state index in [0.29, 0.717) is 18.6 Å². The summed E-state index contributed by atoms with van der Waals surface area (Å²) in [6.07, 6.45) is 0.488. The average Bonchev–Trinajstić information content (AvgIpc) is 2.28. The first-order chi connectivity index (χ1) is 7.61. The average molecular weight is 222 g/mol. The number of ether oxygens (including phenoxy) is 2. The third-order valence-electron chi connectivity index (χ3n) is 2.06. The molecule has 0 atom stereocenters. The van der Waals surface area contributed by atoms with E-state index in [-0.39, 0.29) is 5.78 Å². The standard InChI is InChI=1S/C12H14O4/c1-9(13)3-4-10-5-7-11(8-6-10)16-12(14)15-2/h5-8H,3-4H2,1-2H3. The number of carbonyl (C=O) groups excluding carboxylic acids is 2. The predicted molar refractivity (Wildman–Crippen MR) is 58.5 cm³/mol. The van der Waals surface area contributed by atoms with Crippen molar-refractivity contribution in [2.45, 2.75) is 19.8 Å². The van der Waals surface area contributed by atoms with Gasteiger partial charge in [-0.05, 0) is 31.0 Å². The highest BCUT2D eigenvalue weighted by molar-refractivity contribution is 5.75. The largest absolute Gasteiger partial charge is 0.513 e. The number of Topliss-reactive ketones (excluding diaryl/α,β-unsaturated/α-hetero) is 1. The first-order valence-corrected chi connectivity index (χ1v) is 4.96. The highest BCUT2D eigenvalue weighted by Gasteiger charge is 2.03. The summed E-state index contributed by atoms with van der Waals surface area (Å²) in [7, 11) is 1.25. The SMILES string of the molecule is COC(=O)Oc1ccc(CCC(C)=O)cc1.